The fraction of sp³-hybridized carbons (Fsp3) is 0.273. The number of phenols is 1. The van der Waals surface area contributed by atoms with Crippen LogP contribution in [0.3, 0.4) is 0 Å². The summed E-state index contributed by atoms with van der Waals surface area (Å²) in [6.07, 6.45) is 3.02. The number of rotatable bonds is 4. The molecule has 0 aliphatic heterocycles. The zero-order chi connectivity index (χ0) is 11.4. The quantitative estimate of drug-likeness (QED) is 0.780. The molecule has 1 aromatic rings. The van der Waals surface area contributed by atoms with E-state index in [0.29, 0.717) is 18.4 Å². The monoisotopic (exact) mass is 229 g/mol. The summed E-state index contributed by atoms with van der Waals surface area (Å²) in [6, 6.07) is 2.10. The Morgan fingerprint density at radius 3 is 2.87 bits per heavy atom. The van der Waals surface area contributed by atoms with Crippen molar-refractivity contribution in [2.75, 3.05) is 0 Å². The molecule has 2 nitrogen and oxygen atoms in total. The predicted octanol–water partition coefficient (Wildman–Crippen LogP) is 3.15. The molecule has 0 heterocycles. The molecule has 0 unspecified atom stereocenters. The number of phenolic OH excluding ortho intramolecular Hbond substituents is 1. The lowest BCUT2D eigenvalue weighted by Crippen LogP contribution is -2.10. The van der Waals surface area contributed by atoms with Gasteiger partial charge in [-0.25, -0.2) is 4.39 Å². The standard InChI is InChI=1S/C11H13ClFNO/c1-2-3-4-10(14)8-5-7(12)6-9(13)11(8)15/h2,5-6,10,15H,1,3-4,14H2/t10-/m0/s1. The molecular weight excluding hydrogens is 217 g/mol. The van der Waals surface area contributed by atoms with E-state index in [0.717, 1.165) is 6.07 Å². The lowest BCUT2D eigenvalue weighted by molar-refractivity contribution is 0.419. The molecule has 15 heavy (non-hydrogen) atoms. The molecule has 0 aromatic heterocycles. The SMILES string of the molecule is C=CCC[C@H](N)c1cc(Cl)cc(F)c1O. The van der Waals surface area contributed by atoms with Crippen molar-refractivity contribution in [3.05, 3.63) is 41.2 Å². The van der Waals surface area contributed by atoms with Crippen LogP contribution < -0.4 is 5.73 Å². The van der Waals surface area contributed by atoms with Crippen molar-refractivity contribution in [1.82, 2.24) is 0 Å². The van der Waals surface area contributed by atoms with Gasteiger partial charge in [0.1, 0.15) is 0 Å². The van der Waals surface area contributed by atoms with Crippen LogP contribution in [0, 0.1) is 5.82 Å². The first kappa shape index (κ1) is 12.0. The van der Waals surface area contributed by atoms with Crippen molar-refractivity contribution in [1.29, 1.82) is 0 Å². The van der Waals surface area contributed by atoms with E-state index < -0.39 is 17.6 Å². The maximum Gasteiger partial charge on any atom is 0.166 e. The van der Waals surface area contributed by atoms with Gasteiger partial charge in [0, 0.05) is 16.6 Å². The molecule has 82 valence electrons. The second kappa shape index (κ2) is 5.14. The average molecular weight is 230 g/mol. The normalized spacial score (nSPS) is 12.5. The zero-order valence-corrected chi connectivity index (χ0v) is 8.97. The Labute approximate surface area is 93.2 Å². The summed E-state index contributed by atoms with van der Waals surface area (Å²) in [7, 11) is 0. The number of nitrogens with two attached hydrogens (primary N) is 1. The highest BCUT2D eigenvalue weighted by atomic mass is 35.5. The predicted molar refractivity (Wildman–Crippen MR) is 59.4 cm³/mol. The van der Waals surface area contributed by atoms with E-state index in [9.17, 15) is 9.50 Å². The third kappa shape index (κ3) is 2.94. The van der Waals surface area contributed by atoms with Crippen LogP contribution in [0.2, 0.25) is 5.02 Å². The Morgan fingerprint density at radius 1 is 1.60 bits per heavy atom. The average Bonchev–Trinajstić information content (AvgIpc) is 2.19. The highest BCUT2D eigenvalue weighted by Crippen LogP contribution is 2.31. The van der Waals surface area contributed by atoms with Crippen molar-refractivity contribution in [3.63, 3.8) is 0 Å². The van der Waals surface area contributed by atoms with Crippen molar-refractivity contribution in [2.24, 2.45) is 5.73 Å². The van der Waals surface area contributed by atoms with Gasteiger partial charge in [-0.15, -0.1) is 6.58 Å². The van der Waals surface area contributed by atoms with E-state index in [1.165, 1.54) is 6.07 Å². The molecule has 0 saturated carbocycles. The molecule has 0 bridgehead atoms. The minimum atomic E-state index is -0.744. The maximum atomic E-state index is 13.1. The minimum absolute atomic E-state index is 0.231. The summed E-state index contributed by atoms with van der Waals surface area (Å²) < 4.78 is 13.1. The molecule has 0 saturated heterocycles. The number of hydrogen-bond acceptors (Lipinski definition) is 2. The molecule has 0 amide bonds. The minimum Gasteiger partial charge on any atom is -0.505 e. The molecule has 3 N–H and O–H groups in total. The lowest BCUT2D eigenvalue weighted by Gasteiger charge is -2.13. The summed E-state index contributed by atoms with van der Waals surface area (Å²) in [5.74, 6) is -1.16. The number of halogens is 2. The van der Waals surface area contributed by atoms with Gasteiger partial charge in [0.25, 0.3) is 0 Å². The van der Waals surface area contributed by atoms with Crippen LogP contribution in [-0.4, -0.2) is 5.11 Å². The molecule has 4 heteroatoms. The molecule has 0 spiro atoms. The number of benzene rings is 1. The van der Waals surface area contributed by atoms with Gasteiger partial charge in [-0.1, -0.05) is 17.7 Å². The van der Waals surface area contributed by atoms with E-state index in [1.807, 2.05) is 0 Å². The molecule has 1 aromatic carbocycles. The van der Waals surface area contributed by atoms with Crippen LogP contribution in [0.15, 0.2) is 24.8 Å². The Morgan fingerprint density at radius 2 is 2.27 bits per heavy atom. The Hall–Kier alpha value is -1.06. The molecule has 1 rings (SSSR count). The summed E-state index contributed by atoms with van der Waals surface area (Å²) in [5, 5.41) is 9.68. The van der Waals surface area contributed by atoms with Gasteiger partial charge in [0.2, 0.25) is 0 Å². The zero-order valence-electron chi connectivity index (χ0n) is 8.21. The number of hydrogen-bond donors (Lipinski definition) is 2. The molecule has 0 radical (unpaired) electrons. The first-order valence-electron chi connectivity index (χ1n) is 4.60. The van der Waals surface area contributed by atoms with Gasteiger partial charge >= 0.3 is 0 Å². The first-order valence-corrected chi connectivity index (χ1v) is 4.98. The van der Waals surface area contributed by atoms with Crippen molar-refractivity contribution in [2.45, 2.75) is 18.9 Å². The second-order valence-electron chi connectivity index (χ2n) is 3.30. The Balaban J connectivity index is 2.96. The van der Waals surface area contributed by atoms with Crippen LogP contribution in [-0.2, 0) is 0 Å². The maximum absolute atomic E-state index is 13.1. The number of aromatic hydroxyl groups is 1. The molecule has 0 aliphatic rings. The molecule has 1 atom stereocenters. The third-order valence-electron chi connectivity index (χ3n) is 2.14. The smallest absolute Gasteiger partial charge is 0.166 e. The largest absolute Gasteiger partial charge is 0.505 e. The Kier molecular flexibility index (Phi) is 4.12. The fourth-order valence-electron chi connectivity index (χ4n) is 1.32. The summed E-state index contributed by atoms with van der Waals surface area (Å²) in [5.41, 5.74) is 6.12. The topological polar surface area (TPSA) is 46.2 Å². The van der Waals surface area contributed by atoms with Gasteiger partial charge in [0.15, 0.2) is 11.6 Å². The van der Waals surface area contributed by atoms with Crippen LogP contribution in [0.25, 0.3) is 0 Å². The van der Waals surface area contributed by atoms with E-state index in [4.69, 9.17) is 17.3 Å². The highest BCUT2D eigenvalue weighted by Gasteiger charge is 2.14. The van der Waals surface area contributed by atoms with Crippen LogP contribution >= 0.6 is 11.6 Å². The van der Waals surface area contributed by atoms with Gasteiger partial charge in [0.05, 0.1) is 0 Å². The fourth-order valence-corrected chi connectivity index (χ4v) is 1.53. The molecule has 0 aliphatic carbocycles. The van der Waals surface area contributed by atoms with Gasteiger partial charge in [-0.3, -0.25) is 0 Å². The van der Waals surface area contributed by atoms with E-state index in [1.54, 1.807) is 6.08 Å². The van der Waals surface area contributed by atoms with Crippen molar-refractivity contribution < 1.29 is 9.50 Å². The van der Waals surface area contributed by atoms with Crippen LogP contribution in [0.4, 0.5) is 4.39 Å². The van der Waals surface area contributed by atoms with Crippen LogP contribution in [0.1, 0.15) is 24.4 Å². The van der Waals surface area contributed by atoms with Gasteiger partial charge in [-0.2, -0.15) is 0 Å². The summed E-state index contributed by atoms with van der Waals surface area (Å²) in [6.45, 7) is 3.57. The molecule has 0 fully saturated rings. The van der Waals surface area contributed by atoms with Crippen molar-refractivity contribution >= 4 is 11.6 Å². The summed E-state index contributed by atoms with van der Waals surface area (Å²) in [4.78, 5) is 0. The van der Waals surface area contributed by atoms with E-state index >= 15 is 0 Å². The third-order valence-corrected chi connectivity index (χ3v) is 2.36. The van der Waals surface area contributed by atoms with Gasteiger partial charge < -0.3 is 10.8 Å². The summed E-state index contributed by atoms with van der Waals surface area (Å²) >= 11 is 5.67. The number of allylic oxidation sites excluding steroid dienone is 1. The lowest BCUT2D eigenvalue weighted by atomic mass is 10.0. The first-order chi connectivity index (χ1) is 7.06. The van der Waals surface area contributed by atoms with Gasteiger partial charge in [-0.05, 0) is 25.0 Å². The highest BCUT2D eigenvalue weighted by molar-refractivity contribution is 6.30. The van der Waals surface area contributed by atoms with Crippen LogP contribution in [0.5, 0.6) is 5.75 Å². The second-order valence-corrected chi connectivity index (χ2v) is 3.73. The van der Waals surface area contributed by atoms with E-state index in [2.05, 4.69) is 6.58 Å². The van der Waals surface area contributed by atoms with Crippen molar-refractivity contribution in [3.8, 4) is 5.75 Å². The molecular formula is C11H13ClFNO. The Bertz CT molecular complexity index is 368. The van der Waals surface area contributed by atoms with E-state index in [-0.39, 0.29) is 5.02 Å².